The molecule has 0 aromatic heterocycles. The van der Waals surface area contributed by atoms with Crippen molar-refractivity contribution in [2.45, 2.75) is 69.2 Å². The molecule has 544 valence electrons. The fraction of sp³-hybridized carbons (Fsp3) is 0.0943. The van der Waals surface area contributed by atoms with Crippen molar-refractivity contribution >= 4 is 77.4 Å². The maximum atomic E-state index is 3.59. The highest BCUT2D eigenvalue weighted by Gasteiger charge is 2.21. The van der Waals surface area contributed by atoms with Crippen molar-refractivity contribution < 1.29 is 0 Å². The van der Waals surface area contributed by atoms with Crippen LogP contribution in [0, 0.1) is 69.2 Å². The summed E-state index contributed by atoms with van der Waals surface area (Å²) in [5.41, 5.74) is 41.0. The zero-order chi connectivity index (χ0) is 77.1. The summed E-state index contributed by atoms with van der Waals surface area (Å²) in [6.45, 7) is 21.6. The minimum absolute atomic E-state index is 1.09. The smallest absolute Gasteiger partial charge is 0.0520 e. The molecule has 0 spiro atoms. The molecule has 0 atom stereocenters. The highest BCUT2D eigenvalue weighted by Crippen LogP contribution is 2.44. The van der Waals surface area contributed by atoms with E-state index in [9.17, 15) is 0 Å². The zero-order valence-electron chi connectivity index (χ0n) is 64.8. The molecule has 0 bridgehead atoms. The molecule has 0 aliphatic carbocycles. The Balaban J connectivity index is 0.000000192. The van der Waals surface area contributed by atoms with Crippen molar-refractivity contribution in [1.82, 2.24) is 0 Å². The Hall–Kier alpha value is -12.1. The Morgan fingerprint density at radius 1 is 0.189 bits per heavy atom. The Kier molecular flexibility index (Phi) is 23.6. The molecule has 0 saturated heterocycles. The molecule has 16 aromatic carbocycles. The van der Waals surface area contributed by atoms with Crippen LogP contribution < -0.4 is 15.1 Å². The van der Waals surface area contributed by atoms with E-state index in [1.165, 1.54) is 155 Å². The molecule has 0 aliphatic heterocycles. The van der Waals surface area contributed by atoms with E-state index in [1.807, 2.05) is 0 Å². The van der Waals surface area contributed by atoms with Gasteiger partial charge in [0.25, 0.3) is 0 Å². The molecular weight excluding hydrogens is 1470 g/mol. The molecule has 0 saturated carbocycles. The highest BCUT2D eigenvalue weighted by molar-refractivity contribution is 9.10. The monoisotopic (exact) mass is 1560 g/mol. The summed E-state index contributed by atoms with van der Waals surface area (Å²) in [6.07, 6.45) is 0. The third-order valence-corrected chi connectivity index (χ3v) is 22.2. The highest BCUT2D eigenvalue weighted by atomic mass is 79.9. The molecule has 0 heterocycles. The number of nitrogens with zero attached hydrogens (tertiary/aromatic N) is 2. The quantitative estimate of drug-likeness (QED) is 0.104. The van der Waals surface area contributed by atoms with Gasteiger partial charge in [0.05, 0.1) is 5.69 Å². The van der Waals surface area contributed by atoms with Crippen molar-refractivity contribution in [2.75, 3.05) is 15.1 Å². The van der Waals surface area contributed by atoms with Crippen molar-refractivity contribution in [3.63, 3.8) is 0 Å². The second-order valence-electron chi connectivity index (χ2n) is 29.3. The van der Waals surface area contributed by atoms with Crippen LogP contribution in [0.4, 0.5) is 45.5 Å². The standard InChI is InChI=1S/C66H56N2.C26H23N.C14H12Br2/c1-45-11-7-15-56(39-45)51-19-29-61(30-20-51)67(62-31-21-52(22-32-62)57-16-8-12-46(2)40-57)63-33-27-55(28-34-63)60-43-49(5)66(50(6)44-60)68(64-35-23-53(24-36-64)58-17-9-13-47(3)41-58)65-37-25-54(26-38-65)59-18-10-14-48(4)42-59;1-19-5-3-7-23(17-19)21-9-13-25(14-10-21)27-26-15-11-22(12-16-26)24-8-4-6-20(2)18-24;1-9-7-12(8-10(2)14(9)16)11-3-5-13(15)6-4-11/h7-44H,1-6H3;3-18,27H,1-2H3;3-8H,1-2H3. The van der Waals surface area contributed by atoms with E-state index in [4.69, 9.17) is 0 Å². The summed E-state index contributed by atoms with van der Waals surface area (Å²) < 4.78 is 2.31. The summed E-state index contributed by atoms with van der Waals surface area (Å²) in [7, 11) is 0. The molecule has 1 N–H and O–H groups in total. The predicted octanol–water partition coefficient (Wildman–Crippen LogP) is 31.7. The third-order valence-electron chi connectivity index (χ3n) is 20.5. The lowest BCUT2D eigenvalue weighted by Crippen LogP contribution is -2.13. The molecule has 111 heavy (non-hydrogen) atoms. The van der Waals surface area contributed by atoms with Crippen LogP contribution >= 0.6 is 31.9 Å². The maximum absolute atomic E-state index is 3.59. The number of benzene rings is 16. The lowest BCUT2D eigenvalue weighted by Gasteiger charge is -2.30. The Bertz CT molecular complexity index is 5570. The first kappa shape index (κ1) is 75.7. The molecule has 3 nitrogen and oxygen atoms in total. The van der Waals surface area contributed by atoms with Crippen LogP contribution in [0.25, 0.3) is 89.0 Å². The van der Waals surface area contributed by atoms with Gasteiger partial charge in [0.15, 0.2) is 0 Å². The van der Waals surface area contributed by atoms with Crippen LogP contribution in [-0.2, 0) is 0 Å². The number of aryl methyl sites for hydroxylation is 10. The van der Waals surface area contributed by atoms with Gasteiger partial charge in [-0.2, -0.15) is 0 Å². The van der Waals surface area contributed by atoms with Gasteiger partial charge in [-0.15, -0.1) is 0 Å². The van der Waals surface area contributed by atoms with E-state index in [1.54, 1.807) is 0 Å². The number of rotatable bonds is 16. The summed E-state index contributed by atoms with van der Waals surface area (Å²) >= 11 is 7.04. The third kappa shape index (κ3) is 18.6. The molecule has 16 rings (SSSR count). The van der Waals surface area contributed by atoms with Crippen LogP contribution in [-0.4, -0.2) is 0 Å². The first-order valence-electron chi connectivity index (χ1n) is 38.0. The van der Waals surface area contributed by atoms with E-state index in [0.29, 0.717) is 0 Å². The number of halogens is 2. The number of anilines is 8. The van der Waals surface area contributed by atoms with E-state index >= 15 is 0 Å². The van der Waals surface area contributed by atoms with Crippen LogP contribution in [0.3, 0.4) is 0 Å². The Morgan fingerprint density at radius 3 is 0.640 bits per heavy atom. The van der Waals surface area contributed by atoms with Gasteiger partial charge in [-0.1, -0.05) is 320 Å². The number of hydrogen-bond donors (Lipinski definition) is 1. The van der Waals surface area contributed by atoms with Crippen molar-refractivity contribution in [3.8, 4) is 89.0 Å². The van der Waals surface area contributed by atoms with E-state index in [0.717, 1.165) is 44.3 Å². The van der Waals surface area contributed by atoms with E-state index in [2.05, 4.69) is 480 Å². The average molecular weight is 1570 g/mol. The minimum Gasteiger partial charge on any atom is -0.356 e. The number of nitrogens with one attached hydrogen (secondary N) is 1. The lowest BCUT2D eigenvalue weighted by atomic mass is 9.96. The Labute approximate surface area is 674 Å². The second kappa shape index (κ2) is 34.6. The van der Waals surface area contributed by atoms with E-state index < -0.39 is 0 Å². The van der Waals surface area contributed by atoms with Gasteiger partial charge < -0.3 is 15.1 Å². The molecule has 16 aromatic rings. The minimum atomic E-state index is 1.09. The largest absolute Gasteiger partial charge is 0.356 e. The van der Waals surface area contributed by atoms with Gasteiger partial charge >= 0.3 is 0 Å². The first-order chi connectivity index (χ1) is 53.9. The molecule has 0 aliphatic rings. The lowest BCUT2D eigenvalue weighted by molar-refractivity contribution is 1.22. The van der Waals surface area contributed by atoms with Gasteiger partial charge in [-0.25, -0.2) is 0 Å². The van der Waals surface area contributed by atoms with Crippen LogP contribution in [0.5, 0.6) is 0 Å². The topological polar surface area (TPSA) is 18.5 Å². The number of hydrogen-bond acceptors (Lipinski definition) is 3. The molecule has 0 amide bonds. The van der Waals surface area contributed by atoms with Gasteiger partial charge in [-0.3, -0.25) is 0 Å². The van der Waals surface area contributed by atoms with Gasteiger partial charge in [0, 0.05) is 48.8 Å². The van der Waals surface area contributed by atoms with Crippen LogP contribution in [0.2, 0.25) is 0 Å². The van der Waals surface area contributed by atoms with Crippen LogP contribution in [0.15, 0.2) is 373 Å². The molecular formula is C106H91Br2N3. The molecule has 5 heteroatoms. The van der Waals surface area contributed by atoms with Crippen molar-refractivity contribution in [3.05, 3.63) is 429 Å². The fourth-order valence-electron chi connectivity index (χ4n) is 14.7. The van der Waals surface area contributed by atoms with E-state index in [-0.39, 0.29) is 0 Å². The zero-order valence-corrected chi connectivity index (χ0v) is 68.0. The Morgan fingerprint density at radius 2 is 0.396 bits per heavy atom. The second-order valence-corrected chi connectivity index (χ2v) is 31.0. The van der Waals surface area contributed by atoms with Gasteiger partial charge in [0.1, 0.15) is 0 Å². The summed E-state index contributed by atoms with van der Waals surface area (Å²) in [5, 5.41) is 3.48. The van der Waals surface area contributed by atoms with Gasteiger partial charge in [0.2, 0.25) is 0 Å². The predicted molar refractivity (Wildman–Crippen MR) is 485 cm³/mol. The molecule has 0 unspecified atom stereocenters. The summed E-state index contributed by atoms with van der Waals surface area (Å²) in [6, 6.07) is 132. The summed E-state index contributed by atoms with van der Waals surface area (Å²) in [5.74, 6) is 0. The average Bonchev–Trinajstić information content (AvgIpc) is 0.772. The normalized spacial score (nSPS) is 10.9. The van der Waals surface area contributed by atoms with Gasteiger partial charge in [-0.05, 0) is 290 Å². The fourth-order valence-corrected chi connectivity index (χ4v) is 15.2. The van der Waals surface area contributed by atoms with Crippen LogP contribution in [0.1, 0.15) is 55.6 Å². The first-order valence-corrected chi connectivity index (χ1v) is 39.6. The molecule has 0 radical (unpaired) electrons. The van der Waals surface area contributed by atoms with Crippen molar-refractivity contribution in [2.24, 2.45) is 0 Å². The summed E-state index contributed by atoms with van der Waals surface area (Å²) in [4.78, 5) is 4.78. The molecule has 0 fully saturated rings. The van der Waals surface area contributed by atoms with Crippen molar-refractivity contribution in [1.29, 1.82) is 0 Å². The maximum Gasteiger partial charge on any atom is 0.0520 e. The SMILES string of the molecule is Cc1cc(-c2ccc(Br)cc2)cc(C)c1Br.Cc1cccc(-c2ccc(N(c3ccc(-c4cccc(C)c4)cc3)c3ccc(-c4cc(C)c(N(c5ccc(-c6cccc(C)c6)cc5)c5ccc(-c6cccc(C)c6)cc5)c(C)c4)cc3)cc2)c1.Cc1cccc(-c2ccc(Nc3ccc(-c4cccc(C)c4)cc3)cc2)c1.